The lowest BCUT2D eigenvalue weighted by atomic mass is 10.1. The summed E-state index contributed by atoms with van der Waals surface area (Å²) in [4.78, 5) is 12.2. The zero-order valence-corrected chi connectivity index (χ0v) is 19.8. The van der Waals surface area contributed by atoms with Gasteiger partial charge < -0.3 is 9.05 Å². The van der Waals surface area contributed by atoms with E-state index in [-0.39, 0.29) is 17.3 Å². The fourth-order valence-corrected chi connectivity index (χ4v) is 3.66. The predicted molar refractivity (Wildman–Crippen MR) is 120 cm³/mol. The van der Waals surface area contributed by atoms with Crippen molar-refractivity contribution in [1.29, 1.82) is 0 Å². The van der Waals surface area contributed by atoms with Gasteiger partial charge in [-0.3, -0.25) is 22.9 Å². The van der Waals surface area contributed by atoms with Gasteiger partial charge in [-0.15, -0.1) is 0 Å². The van der Waals surface area contributed by atoms with Crippen LogP contribution in [-0.4, -0.2) is 34.2 Å². The van der Waals surface area contributed by atoms with Gasteiger partial charge in [-0.25, -0.2) is 9.13 Å². The van der Waals surface area contributed by atoms with Crippen molar-refractivity contribution < 1.29 is 41.1 Å². The van der Waals surface area contributed by atoms with Crippen molar-refractivity contribution in [2.45, 2.75) is 0 Å². The van der Waals surface area contributed by atoms with Crippen molar-refractivity contribution in [2.24, 2.45) is 0 Å². The van der Waals surface area contributed by atoms with Crippen LogP contribution >= 0.6 is 15.6 Å². The molecule has 0 amide bonds. The molecule has 0 spiro atoms. The Kier molecular flexibility index (Phi) is 9.60. The summed E-state index contributed by atoms with van der Waals surface area (Å²) in [6, 6.07) is 13.2. The quantitative estimate of drug-likeness (QED) is 0.285. The van der Waals surface area contributed by atoms with E-state index >= 15 is 0 Å². The second-order valence-corrected chi connectivity index (χ2v) is 9.64. The molecule has 0 bridgehead atoms. The van der Waals surface area contributed by atoms with Crippen LogP contribution in [0, 0.1) is 0 Å². The van der Waals surface area contributed by atoms with Crippen LogP contribution in [0.3, 0.4) is 0 Å². The van der Waals surface area contributed by atoms with Crippen molar-refractivity contribution >= 4 is 33.6 Å². The van der Waals surface area contributed by atoms with Crippen LogP contribution in [0.15, 0.2) is 60.7 Å². The summed E-state index contributed by atoms with van der Waals surface area (Å²) >= 11 is 0. The molecule has 2 aromatic carbocycles. The molecule has 0 aromatic heterocycles. The number of carbonyl (C=O) groups excluding carboxylic acids is 1. The molecule has 172 valence electrons. The van der Waals surface area contributed by atoms with Crippen LogP contribution in [0.5, 0.6) is 11.5 Å². The molecule has 0 aliphatic carbocycles. The maximum Gasteiger partial charge on any atom is 0.529 e. The zero-order valence-electron chi connectivity index (χ0n) is 18.0. The molecule has 0 N–H and O–H groups in total. The van der Waals surface area contributed by atoms with Gasteiger partial charge in [-0.1, -0.05) is 36.4 Å². The number of hydrogen-bond donors (Lipinski definition) is 0. The van der Waals surface area contributed by atoms with Crippen molar-refractivity contribution in [2.75, 3.05) is 28.4 Å². The van der Waals surface area contributed by atoms with Gasteiger partial charge in [0.25, 0.3) is 0 Å². The van der Waals surface area contributed by atoms with Gasteiger partial charge in [0.05, 0.1) is 0 Å². The third kappa shape index (κ3) is 7.88. The summed E-state index contributed by atoms with van der Waals surface area (Å²) in [7, 11) is -2.48. The molecule has 0 fully saturated rings. The standard InChI is InChI=1S/C21H24O9P2/c1-25-31(23,26-2)29-20-9-5-7-17(15-20)11-13-19(22)14-12-18-8-6-10-21(16-18)30-32(24,27-3)28-4/h5-16H,1-4H3/b13-11+,14-12+. The first-order chi connectivity index (χ1) is 15.2. The molecule has 0 saturated carbocycles. The van der Waals surface area contributed by atoms with E-state index in [2.05, 4.69) is 0 Å². The number of phosphoric ester groups is 2. The summed E-state index contributed by atoms with van der Waals surface area (Å²) in [5.41, 5.74) is 1.29. The minimum atomic E-state index is -3.67. The molecule has 0 radical (unpaired) electrons. The Morgan fingerprint density at radius 3 is 1.41 bits per heavy atom. The van der Waals surface area contributed by atoms with Gasteiger partial charge in [-0.2, -0.15) is 0 Å². The predicted octanol–water partition coefficient (Wildman–Crippen LogP) is 5.54. The third-order valence-electron chi connectivity index (χ3n) is 3.93. The summed E-state index contributed by atoms with van der Waals surface area (Å²) in [5, 5.41) is 0. The molecule has 2 rings (SSSR count). The van der Waals surface area contributed by atoms with Crippen molar-refractivity contribution in [1.82, 2.24) is 0 Å². The van der Waals surface area contributed by atoms with Crippen LogP contribution in [-0.2, 0) is 32.0 Å². The number of ketones is 1. The number of hydrogen-bond acceptors (Lipinski definition) is 9. The lowest BCUT2D eigenvalue weighted by Crippen LogP contribution is -1.97. The Bertz CT molecular complexity index is 979. The Morgan fingerprint density at radius 2 is 1.06 bits per heavy atom. The first kappa shape index (κ1) is 25.7. The highest BCUT2D eigenvalue weighted by Gasteiger charge is 2.25. The van der Waals surface area contributed by atoms with Gasteiger partial charge in [0.1, 0.15) is 11.5 Å². The minimum absolute atomic E-state index is 0.267. The highest BCUT2D eigenvalue weighted by atomic mass is 31.2. The smallest absolute Gasteiger partial charge is 0.404 e. The zero-order chi connectivity index (χ0) is 23.6. The van der Waals surface area contributed by atoms with E-state index in [1.54, 1.807) is 60.7 Å². The van der Waals surface area contributed by atoms with Gasteiger partial charge >= 0.3 is 15.6 Å². The average molecular weight is 482 g/mol. The summed E-state index contributed by atoms with van der Waals surface area (Å²) in [5.74, 6) is 0.258. The molecule has 9 nitrogen and oxygen atoms in total. The highest BCUT2D eigenvalue weighted by Crippen LogP contribution is 2.48. The van der Waals surface area contributed by atoms with Gasteiger partial charge in [-0.05, 0) is 47.5 Å². The number of carbonyl (C=O) groups is 1. The van der Waals surface area contributed by atoms with Crippen LogP contribution in [0.2, 0.25) is 0 Å². The normalized spacial score (nSPS) is 12.4. The lowest BCUT2D eigenvalue weighted by Gasteiger charge is -2.14. The van der Waals surface area contributed by atoms with E-state index in [0.29, 0.717) is 11.1 Å². The highest BCUT2D eigenvalue weighted by molar-refractivity contribution is 7.49. The number of phosphoric acid groups is 2. The van der Waals surface area contributed by atoms with Gasteiger partial charge in [0.2, 0.25) is 0 Å². The Hall–Kier alpha value is -2.51. The van der Waals surface area contributed by atoms with Crippen molar-refractivity contribution in [3.8, 4) is 11.5 Å². The second kappa shape index (κ2) is 11.9. The summed E-state index contributed by atoms with van der Waals surface area (Å²) in [6.45, 7) is 0. The van der Waals surface area contributed by atoms with Crippen LogP contribution in [0.4, 0.5) is 0 Å². The molecule has 11 heteroatoms. The molecule has 0 heterocycles. The average Bonchev–Trinajstić information content (AvgIpc) is 2.81. The van der Waals surface area contributed by atoms with Crippen LogP contribution < -0.4 is 9.05 Å². The molecular formula is C21H24O9P2. The van der Waals surface area contributed by atoms with Crippen LogP contribution in [0.1, 0.15) is 11.1 Å². The topological polar surface area (TPSA) is 107 Å². The summed E-state index contributed by atoms with van der Waals surface area (Å²) in [6.07, 6.45) is 5.90. The van der Waals surface area contributed by atoms with E-state index < -0.39 is 15.6 Å². The minimum Gasteiger partial charge on any atom is -0.404 e. The SMILES string of the molecule is COP(=O)(OC)Oc1cccc(/C=C/C(=O)/C=C/c2cccc(OP(=O)(OC)OC)c2)c1. The molecule has 0 aliphatic rings. The Morgan fingerprint density at radius 1 is 0.688 bits per heavy atom. The fourth-order valence-electron chi connectivity index (χ4n) is 2.32. The van der Waals surface area contributed by atoms with E-state index in [9.17, 15) is 13.9 Å². The Labute approximate surface area is 186 Å². The largest absolute Gasteiger partial charge is 0.529 e. The lowest BCUT2D eigenvalue weighted by molar-refractivity contribution is -0.110. The van der Waals surface area contributed by atoms with Gasteiger partial charge in [0, 0.05) is 28.4 Å². The monoisotopic (exact) mass is 482 g/mol. The van der Waals surface area contributed by atoms with E-state index in [0.717, 1.165) is 0 Å². The second-order valence-electron chi connectivity index (χ2n) is 6.02. The Balaban J connectivity index is 2.05. The molecule has 0 atom stereocenters. The molecule has 2 aromatic rings. The van der Waals surface area contributed by atoms with E-state index in [1.165, 1.54) is 40.6 Å². The van der Waals surface area contributed by atoms with Gasteiger partial charge in [0.15, 0.2) is 5.78 Å². The van der Waals surface area contributed by atoms with E-state index in [4.69, 9.17) is 27.1 Å². The molecule has 0 aliphatic heterocycles. The number of allylic oxidation sites excluding steroid dienone is 2. The molecule has 32 heavy (non-hydrogen) atoms. The summed E-state index contributed by atoms with van der Waals surface area (Å²) < 4.78 is 53.6. The number of benzene rings is 2. The molecule has 0 saturated heterocycles. The maximum absolute atomic E-state index is 12.2. The van der Waals surface area contributed by atoms with Crippen LogP contribution in [0.25, 0.3) is 12.2 Å². The fraction of sp³-hybridized carbons (Fsp3) is 0.190. The third-order valence-corrected chi connectivity index (χ3v) is 6.58. The van der Waals surface area contributed by atoms with Crippen molar-refractivity contribution in [3.05, 3.63) is 71.8 Å². The first-order valence-corrected chi connectivity index (χ1v) is 12.1. The molecular weight excluding hydrogens is 458 g/mol. The maximum atomic E-state index is 12.2. The number of rotatable bonds is 12. The first-order valence-electron chi connectivity index (χ1n) is 9.17. The van der Waals surface area contributed by atoms with Crippen molar-refractivity contribution in [3.63, 3.8) is 0 Å². The van der Waals surface area contributed by atoms with E-state index in [1.807, 2.05) is 0 Å². The molecule has 0 unspecified atom stereocenters.